The minimum absolute atomic E-state index is 0.00188. The molecule has 1 aromatic rings. The first-order valence-electron chi connectivity index (χ1n) is 6.45. The lowest BCUT2D eigenvalue weighted by atomic mass is 9.84. The molecule has 0 spiro atoms. The van der Waals surface area contributed by atoms with E-state index < -0.39 is 0 Å². The highest BCUT2D eigenvalue weighted by Crippen LogP contribution is 2.27. The van der Waals surface area contributed by atoms with Crippen LogP contribution in [0, 0.1) is 5.92 Å². The van der Waals surface area contributed by atoms with Gasteiger partial charge in [-0.15, -0.1) is 11.3 Å². The fraction of sp³-hybridized carbons (Fsp3) is 0.615. The van der Waals surface area contributed by atoms with E-state index >= 15 is 0 Å². The smallest absolute Gasteiger partial charge is 0.252 e. The highest BCUT2D eigenvalue weighted by atomic mass is 79.9. The molecule has 18 heavy (non-hydrogen) atoms. The van der Waals surface area contributed by atoms with Gasteiger partial charge in [0.1, 0.15) is 0 Å². The van der Waals surface area contributed by atoms with Crippen LogP contribution >= 0.6 is 27.3 Å². The first kappa shape index (κ1) is 14.0. The van der Waals surface area contributed by atoms with Gasteiger partial charge in [-0.05, 0) is 40.8 Å². The van der Waals surface area contributed by atoms with Crippen molar-refractivity contribution < 1.29 is 4.79 Å². The number of carbonyl (C=O) groups is 1. The maximum atomic E-state index is 12.1. The minimum atomic E-state index is -0.00188. The molecule has 0 aliphatic heterocycles. The van der Waals surface area contributed by atoms with E-state index in [1.807, 2.05) is 11.4 Å². The molecule has 1 fully saturated rings. The summed E-state index contributed by atoms with van der Waals surface area (Å²) in [5.41, 5.74) is 6.54. The van der Waals surface area contributed by atoms with Crippen LogP contribution in [0.1, 0.15) is 42.5 Å². The van der Waals surface area contributed by atoms with E-state index in [-0.39, 0.29) is 11.9 Å². The van der Waals surface area contributed by atoms with Crippen molar-refractivity contribution in [1.82, 2.24) is 5.32 Å². The Bertz CT molecular complexity index is 401. The molecule has 5 heteroatoms. The van der Waals surface area contributed by atoms with Crippen molar-refractivity contribution in [2.75, 3.05) is 6.54 Å². The fourth-order valence-corrected chi connectivity index (χ4v) is 3.72. The molecule has 1 aliphatic rings. The van der Waals surface area contributed by atoms with Gasteiger partial charge in [0.15, 0.2) is 0 Å². The third-order valence-electron chi connectivity index (χ3n) is 3.62. The van der Waals surface area contributed by atoms with Crippen molar-refractivity contribution in [3.8, 4) is 0 Å². The Hall–Kier alpha value is -0.390. The van der Waals surface area contributed by atoms with E-state index in [0.29, 0.717) is 12.5 Å². The largest absolute Gasteiger partial charge is 0.348 e. The van der Waals surface area contributed by atoms with Gasteiger partial charge in [-0.25, -0.2) is 0 Å². The molecule has 0 saturated heterocycles. The summed E-state index contributed by atoms with van der Waals surface area (Å²) in [7, 11) is 0. The summed E-state index contributed by atoms with van der Waals surface area (Å²) >= 11 is 4.90. The highest BCUT2D eigenvalue weighted by molar-refractivity contribution is 9.11. The lowest BCUT2D eigenvalue weighted by molar-refractivity contribution is 0.0916. The topological polar surface area (TPSA) is 55.1 Å². The van der Waals surface area contributed by atoms with Crippen LogP contribution in [0.15, 0.2) is 15.2 Å². The molecule has 1 amide bonds. The van der Waals surface area contributed by atoms with Crippen LogP contribution in [0.2, 0.25) is 0 Å². The summed E-state index contributed by atoms with van der Waals surface area (Å²) in [6.07, 6.45) is 6.23. The number of hydrogen-bond acceptors (Lipinski definition) is 3. The van der Waals surface area contributed by atoms with E-state index in [9.17, 15) is 4.79 Å². The van der Waals surface area contributed by atoms with Crippen LogP contribution in [0.4, 0.5) is 0 Å². The van der Waals surface area contributed by atoms with Gasteiger partial charge >= 0.3 is 0 Å². The second-order valence-electron chi connectivity index (χ2n) is 4.85. The van der Waals surface area contributed by atoms with Gasteiger partial charge in [0, 0.05) is 18.0 Å². The normalized spacial score (nSPS) is 18.6. The third-order valence-corrected chi connectivity index (χ3v) is 5.12. The number of thiophene rings is 1. The number of rotatable bonds is 4. The lowest BCUT2D eigenvalue weighted by Crippen LogP contribution is -2.45. The second-order valence-corrected chi connectivity index (χ2v) is 7.14. The van der Waals surface area contributed by atoms with E-state index in [1.165, 1.54) is 43.4 Å². The molecule has 1 heterocycles. The van der Waals surface area contributed by atoms with Gasteiger partial charge in [0.25, 0.3) is 5.91 Å². The molecule has 100 valence electrons. The van der Waals surface area contributed by atoms with Crippen LogP contribution < -0.4 is 11.1 Å². The zero-order valence-electron chi connectivity index (χ0n) is 10.3. The summed E-state index contributed by atoms with van der Waals surface area (Å²) in [6.45, 7) is 0.529. The molecule has 1 atom stereocenters. The van der Waals surface area contributed by atoms with Crippen LogP contribution in [0.3, 0.4) is 0 Å². The van der Waals surface area contributed by atoms with Crippen molar-refractivity contribution >= 4 is 33.2 Å². The summed E-state index contributed by atoms with van der Waals surface area (Å²) in [5, 5.41) is 4.96. The number of nitrogens with one attached hydrogen (secondary N) is 1. The summed E-state index contributed by atoms with van der Waals surface area (Å²) in [4.78, 5) is 12.1. The monoisotopic (exact) mass is 330 g/mol. The Morgan fingerprint density at radius 2 is 2.22 bits per heavy atom. The predicted octanol–water partition coefficient (Wildman–Crippen LogP) is 3.15. The van der Waals surface area contributed by atoms with Crippen LogP contribution in [-0.4, -0.2) is 18.5 Å². The van der Waals surface area contributed by atoms with E-state index in [4.69, 9.17) is 5.73 Å². The standard InChI is InChI=1S/C13H19BrN2OS/c14-12-6-10(8-18-12)13(17)16-11(7-15)9-4-2-1-3-5-9/h6,8-9,11H,1-5,7,15H2,(H,16,17). The van der Waals surface area contributed by atoms with Gasteiger partial charge in [-0.1, -0.05) is 19.3 Å². The van der Waals surface area contributed by atoms with Gasteiger partial charge in [-0.2, -0.15) is 0 Å². The maximum absolute atomic E-state index is 12.1. The molecule has 0 bridgehead atoms. The number of hydrogen-bond donors (Lipinski definition) is 2. The van der Waals surface area contributed by atoms with Gasteiger partial charge in [0.05, 0.1) is 9.35 Å². The maximum Gasteiger partial charge on any atom is 0.252 e. The molecular formula is C13H19BrN2OS. The van der Waals surface area contributed by atoms with Crippen LogP contribution in [0.5, 0.6) is 0 Å². The van der Waals surface area contributed by atoms with E-state index in [1.54, 1.807) is 0 Å². The average molecular weight is 331 g/mol. The molecule has 1 aliphatic carbocycles. The molecule has 0 radical (unpaired) electrons. The number of amides is 1. The fourth-order valence-electron chi connectivity index (χ4n) is 2.59. The van der Waals surface area contributed by atoms with Crippen LogP contribution in [-0.2, 0) is 0 Å². The lowest BCUT2D eigenvalue weighted by Gasteiger charge is -2.30. The van der Waals surface area contributed by atoms with Gasteiger partial charge < -0.3 is 11.1 Å². The quantitative estimate of drug-likeness (QED) is 0.890. The van der Waals surface area contributed by atoms with Gasteiger partial charge in [-0.3, -0.25) is 4.79 Å². The molecular weight excluding hydrogens is 312 g/mol. The third kappa shape index (κ3) is 3.56. The van der Waals surface area contributed by atoms with E-state index in [2.05, 4.69) is 21.2 Å². The Morgan fingerprint density at radius 1 is 1.50 bits per heavy atom. The number of halogens is 1. The zero-order valence-corrected chi connectivity index (χ0v) is 12.7. The Morgan fingerprint density at radius 3 is 2.78 bits per heavy atom. The first-order chi connectivity index (χ1) is 8.70. The Balaban J connectivity index is 1.95. The van der Waals surface area contributed by atoms with Crippen molar-refractivity contribution in [2.24, 2.45) is 11.7 Å². The molecule has 2 rings (SSSR count). The molecule has 1 saturated carbocycles. The van der Waals surface area contributed by atoms with Crippen molar-refractivity contribution in [3.05, 3.63) is 20.8 Å². The number of carbonyl (C=O) groups excluding carboxylic acids is 1. The molecule has 3 nitrogen and oxygen atoms in total. The molecule has 0 aromatic carbocycles. The average Bonchev–Trinajstić information content (AvgIpc) is 2.83. The Labute approximate surface area is 120 Å². The van der Waals surface area contributed by atoms with Crippen molar-refractivity contribution in [1.29, 1.82) is 0 Å². The second kappa shape index (κ2) is 6.68. The highest BCUT2D eigenvalue weighted by Gasteiger charge is 2.24. The minimum Gasteiger partial charge on any atom is -0.348 e. The van der Waals surface area contributed by atoms with E-state index in [0.717, 1.165) is 9.35 Å². The van der Waals surface area contributed by atoms with Crippen LogP contribution in [0.25, 0.3) is 0 Å². The summed E-state index contributed by atoms with van der Waals surface area (Å²) in [5.74, 6) is 0.549. The molecule has 1 aromatic heterocycles. The first-order valence-corrected chi connectivity index (χ1v) is 8.13. The summed E-state index contributed by atoms with van der Waals surface area (Å²) < 4.78 is 0.981. The van der Waals surface area contributed by atoms with Gasteiger partial charge in [0.2, 0.25) is 0 Å². The van der Waals surface area contributed by atoms with Crippen molar-refractivity contribution in [3.63, 3.8) is 0 Å². The Kier molecular flexibility index (Phi) is 5.21. The SMILES string of the molecule is NCC(NC(=O)c1csc(Br)c1)C1CCCCC1. The van der Waals surface area contributed by atoms with Crippen molar-refractivity contribution in [2.45, 2.75) is 38.1 Å². The molecule has 1 unspecified atom stereocenters. The number of nitrogens with two attached hydrogens (primary N) is 1. The summed E-state index contributed by atoms with van der Waals surface area (Å²) in [6, 6.07) is 1.98. The molecule has 3 N–H and O–H groups in total. The predicted molar refractivity (Wildman–Crippen MR) is 78.9 cm³/mol. The zero-order chi connectivity index (χ0) is 13.0.